The average molecular weight is 438 g/mol. The normalized spacial score (nSPS) is 21.2. The summed E-state index contributed by atoms with van der Waals surface area (Å²) in [6, 6.07) is 4.79. The molecule has 0 saturated carbocycles. The van der Waals surface area contributed by atoms with Gasteiger partial charge >= 0.3 is 18.4 Å². The molecule has 0 spiro atoms. The molecule has 5 nitrogen and oxygen atoms in total. The number of benzene rings is 1. The minimum absolute atomic E-state index is 0.0253. The number of carbonyl (C=O) groups excluding carboxylic acids is 1. The predicted octanol–water partition coefficient (Wildman–Crippen LogP) is 3.42. The Morgan fingerprint density at radius 1 is 1.03 bits per heavy atom. The molecule has 3 rings (SSSR count). The third kappa shape index (κ3) is 6.16. The molecule has 2 aliphatic heterocycles. The van der Waals surface area contributed by atoms with Crippen LogP contribution < -0.4 is 10.2 Å². The van der Waals surface area contributed by atoms with Crippen LogP contribution in [0.25, 0.3) is 0 Å². The Bertz CT molecular complexity index is 730. The molecular formula is C19H24F6N4O. The molecule has 0 aliphatic carbocycles. The van der Waals surface area contributed by atoms with Gasteiger partial charge in [0, 0.05) is 45.0 Å². The third-order valence-corrected chi connectivity index (χ3v) is 5.42. The molecule has 0 aromatic heterocycles. The maximum Gasteiger partial charge on any atom is 0.416 e. The number of anilines is 1. The number of amides is 2. The summed E-state index contributed by atoms with van der Waals surface area (Å²) in [6.07, 6.45) is -8.04. The Morgan fingerprint density at radius 3 is 2.37 bits per heavy atom. The first kappa shape index (κ1) is 22.5. The molecular weight excluding hydrogens is 414 g/mol. The lowest BCUT2D eigenvalue weighted by molar-refractivity contribution is -0.143. The fraction of sp³-hybridized carbons (Fsp3) is 0.632. The molecule has 168 valence electrons. The molecule has 11 heteroatoms. The molecule has 1 unspecified atom stereocenters. The van der Waals surface area contributed by atoms with Crippen molar-refractivity contribution in [3.63, 3.8) is 0 Å². The number of likely N-dealkylation sites (tertiary alicyclic amines) is 1. The van der Waals surface area contributed by atoms with Gasteiger partial charge in [-0.25, -0.2) is 4.79 Å². The Balaban J connectivity index is 1.43. The summed E-state index contributed by atoms with van der Waals surface area (Å²) < 4.78 is 76.0. The second-order valence-corrected chi connectivity index (χ2v) is 7.71. The topological polar surface area (TPSA) is 38.8 Å². The van der Waals surface area contributed by atoms with Crippen molar-refractivity contribution in [2.24, 2.45) is 5.92 Å². The maximum atomic E-state index is 12.9. The standard InChI is InChI=1S/C19H24F6N4O/c20-18(21,22)13-27-5-4-14(12-27)11-26-17(30)29-8-6-28(7-9-29)16-3-1-2-15(10-16)19(23,24)25/h1-3,10,14H,4-9,11-13H2,(H,26,30). The van der Waals surface area contributed by atoms with Crippen LogP contribution in [0.5, 0.6) is 0 Å². The highest BCUT2D eigenvalue weighted by Gasteiger charge is 2.35. The quantitative estimate of drug-likeness (QED) is 0.733. The van der Waals surface area contributed by atoms with Gasteiger partial charge in [0.25, 0.3) is 0 Å². The molecule has 2 fully saturated rings. The van der Waals surface area contributed by atoms with Gasteiger partial charge in [0.05, 0.1) is 12.1 Å². The number of rotatable bonds is 4. The summed E-state index contributed by atoms with van der Waals surface area (Å²) in [5, 5.41) is 2.77. The first-order valence-electron chi connectivity index (χ1n) is 9.75. The van der Waals surface area contributed by atoms with E-state index in [4.69, 9.17) is 0 Å². The molecule has 1 aromatic carbocycles. The van der Waals surface area contributed by atoms with Crippen molar-refractivity contribution < 1.29 is 31.1 Å². The number of hydrogen-bond acceptors (Lipinski definition) is 3. The number of nitrogens with zero attached hydrogens (tertiary/aromatic N) is 3. The molecule has 2 aliphatic rings. The van der Waals surface area contributed by atoms with Crippen LogP contribution in [-0.4, -0.2) is 74.4 Å². The Hall–Kier alpha value is -2.17. The van der Waals surface area contributed by atoms with Crippen molar-refractivity contribution in [3.05, 3.63) is 29.8 Å². The van der Waals surface area contributed by atoms with E-state index in [1.54, 1.807) is 15.9 Å². The number of alkyl halides is 6. The van der Waals surface area contributed by atoms with Gasteiger partial charge in [-0.15, -0.1) is 0 Å². The van der Waals surface area contributed by atoms with Crippen LogP contribution in [0.15, 0.2) is 24.3 Å². The molecule has 30 heavy (non-hydrogen) atoms. The molecule has 0 bridgehead atoms. The van der Waals surface area contributed by atoms with Crippen molar-refractivity contribution in [1.29, 1.82) is 0 Å². The van der Waals surface area contributed by atoms with E-state index < -0.39 is 24.5 Å². The van der Waals surface area contributed by atoms with Crippen molar-refractivity contribution >= 4 is 11.7 Å². The van der Waals surface area contributed by atoms with Gasteiger partial charge in [-0.05, 0) is 37.1 Å². The summed E-state index contributed by atoms with van der Waals surface area (Å²) >= 11 is 0. The van der Waals surface area contributed by atoms with Gasteiger partial charge in [0.2, 0.25) is 0 Å². The van der Waals surface area contributed by atoms with Gasteiger partial charge < -0.3 is 15.1 Å². The van der Waals surface area contributed by atoms with Crippen LogP contribution in [-0.2, 0) is 6.18 Å². The van der Waals surface area contributed by atoms with Crippen LogP contribution in [0.4, 0.5) is 36.8 Å². The summed E-state index contributed by atoms with van der Waals surface area (Å²) in [5.41, 5.74) is -0.253. The van der Waals surface area contributed by atoms with E-state index >= 15 is 0 Å². The average Bonchev–Trinajstić information content (AvgIpc) is 3.11. The van der Waals surface area contributed by atoms with Gasteiger partial charge in [-0.2, -0.15) is 26.3 Å². The highest BCUT2D eigenvalue weighted by atomic mass is 19.4. The molecule has 2 saturated heterocycles. The van der Waals surface area contributed by atoms with E-state index in [-0.39, 0.29) is 11.9 Å². The SMILES string of the molecule is O=C(NCC1CCN(CC(F)(F)F)C1)N1CCN(c2cccc(C(F)(F)F)c2)CC1. The summed E-state index contributed by atoms with van der Waals surface area (Å²) in [7, 11) is 0. The van der Waals surface area contributed by atoms with Gasteiger partial charge in [-0.1, -0.05) is 6.07 Å². The number of halogens is 6. The highest BCUT2D eigenvalue weighted by Crippen LogP contribution is 2.32. The zero-order valence-corrected chi connectivity index (χ0v) is 16.3. The Labute approximate surface area is 170 Å². The van der Waals surface area contributed by atoms with E-state index in [0.29, 0.717) is 57.9 Å². The second kappa shape index (κ2) is 8.91. The van der Waals surface area contributed by atoms with Crippen LogP contribution in [0.3, 0.4) is 0 Å². The minimum atomic E-state index is -4.41. The van der Waals surface area contributed by atoms with Crippen molar-refractivity contribution in [2.45, 2.75) is 18.8 Å². The maximum absolute atomic E-state index is 12.9. The molecule has 1 aromatic rings. The van der Waals surface area contributed by atoms with Crippen molar-refractivity contribution in [3.8, 4) is 0 Å². The first-order chi connectivity index (χ1) is 14.0. The Morgan fingerprint density at radius 2 is 1.73 bits per heavy atom. The lowest BCUT2D eigenvalue weighted by atomic mass is 10.1. The molecule has 2 heterocycles. The number of nitrogens with one attached hydrogen (secondary N) is 1. The molecule has 1 atom stereocenters. The van der Waals surface area contributed by atoms with E-state index in [0.717, 1.165) is 12.1 Å². The Kier molecular flexibility index (Phi) is 6.68. The summed E-state index contributed by atoms with van der Waals surface area (Å²) in [5.74, 6) is -0.0253. The smallest absolute Gasteiger partial charge is 0.368 e. The lowest BCUT2D eigenvalue weighted by Gasteiger charge is -2.36. The second-order valence-electron chi connectivity index (χ2n) is 7.71. The van der Waals surface area contributed by atoms with E-state index in [1.165, 1.54) is 11.0 Å². The fourth-order valence-corrected chi connectivity index (χ4v) is 3.87. The molecule has 0 radical (unpaired) electrons. The monoisotopic (exact) mass is 438 g/mol. The third-order valence-electron chi connectivity index (χ3n) is 5.42. The zero-order chi connectivity index (χ0) is 21.9. The first-order valence-corrected chi connectivity index (χ1v) is 9.75. The van der Waals surface area contributed by atoms with Crippen LogP contribution >= 0.6 is 0 Å². The number of urea groups is 1. The van der Waals surface area contributed by atoms with Gasteiger partial charge in [0.15, 0.2) is 0 Å². The number of carbonyl (C=O) groups is 1. The van der Waals surface area contributed by atoms with E-state index in [1.807, 2.05) is 0 Å². The molecule has 2 amide bonds. The van der Waals surface area contributed by atoms with Crippen LogP contribution in [0.2, 0.25) is 0 Å². The van der Waals surface area contributed by atoms with Crippen LogP contribution in [0, 0.1) is 5.92 Å². The summed E-state index contributed by atoms with van der Waals surface area (Å²) in [4.78, 5) is 17.1. The minimum Gasteiger partial charge on any atom is -0.368 e. The highest BCUT2D eigenvalue weighted by molar-refractivity contribution is 5.74. The van der Waals surface area contributed by atoms with Gasteiger partial charge in [-0.3, -0.25) is 4.90 Å². The van der Waals surface area contributed by atoms with Crippen LogP contribution in [0.1, 0.15) is 12.0 Å². The van der Waals surface area contributed by atoms with Gasteiger partial charge in [0.1, 0.15) is 0 Å². The van der Waals surface area contributed by atoms with E-state index in [2.05, 4.69) is 5.32 Å². The zero-order valence-electron chi connectivity index (χ0n) is 16.3. The summed E-state index contributed by atoms with van der Waals surface area (Å²) in [6.45, 7) is 1.53. The van der Waals surface area contributed by atoms with E-state index in [9.17, 15) is 31.1 Å². The predicted molar refractivity (Wildman–Crippen MR) is 99.2 cm³/mol. The molecule has 1 N–H and O–H groups in total. The number of hydrogen-bond donors (Lipinski definition) is 1. The van der Waals surface area contributed by atoms with Crippen molar-refractivity contribution in [1.82, 2.24) is 15.1 Å². The van der Waals surface area contributed by atoms with Crippen molar-refractivity contribution in [2.75, 3.05) is 57.3 Å². The lowest BCUT2D eigenvalue weighted by Crippen LogP contribution is -2.52. The number of piperazine rings is 1. The largest absolute Gasteiger partial charge is 0.416 e. The fourth-order valence-electron chi connectivity index (χ4n) is 3.87.